The lowest BCUT2D eigenvalue weighted by atomic mass is 10.1. The molecule has 1 fully saturated rings. The minimum absolute atomic E-state index is 0.0540. The molecule has 10 nitrogen and oxygen atoms in total. The highest BCUT2D eigenvalue weighted by Gasteiger charge is 2.33. The van der Waals surface area contributed by atoms with Crippen LogP contribution in [0.5, 0.6) is 16.7 Å². The number of aromatic nitrogens is 3. The first kappa shape index (κ1) is 26.1. The summed E-state index contributed by atoms with van der Waals surface area (Å²) in [4.78, 5) is 25.8. The number of aryl methyl sites for hydroxylation is 2. The van der Waals surface area contributed by atoms with Gasteiger partial charge in [0.25, 0.3) is 15.2 Å². The first-order valence-electron chi connectivity index (χ1n) is 11.4. The number of ether oxygens (including phenoxy) is 3. The first-order valence-corrected chi connectivity index (χ1v) is 13.7. The zero-order chi connectivity index (χ0) is 25.9. The van der Waals surface area contributed by atoms with E-state index in [0.717, 1.165) is 23.5 Å². The summed E-state index contributed by atoms with van der Waals surface area (Å²) in [6.07, 6.45) is 3.81. The average molecular weight is 533 g/mol. The third-order valence-electron chi connectivity index (χ3n) is 5.45. The fourth-order valence-electron chi connectivity index (χ4n) is 3.53. The molecule has 3 heterocycles. The number of rotatable bonds is 11. The van der Waals surface area contributed by atoms with E-state index in [-0.39, 0.29) is 27.7 Å². The number of carbonyl (C=O) groups is 1. The maximum Gasteiger partial charge on any atom is 0.280 e. The number of hydrogen-bond acceptors (Lipinski definition) is 10. The Hall–Kier alpha value is -2.93. The summed E-state index contributed by atoms with van der Waals surface area (Å²) in [6.45, 7) is 6.68. The third-order valence-corrected chi connectivity index (χ3v) is 8.97. The van der Waals surface area contributed by atoms with Crippen LogP contribution >= 0.6 is 11.3 Å². The summed E-state index contributed by atoms with van der Waals surface area (Å²) in [5.74, 6) is 0.522. The van der Waals surface area contributed by atoms with Gasteiger partial charge in [0.2, 0.25) is 0 Å². The topological polar surface area (TPSA) is 121 Å². The van der Waals surface area contributed by atoms with Gasteiger partial charge in [-0.3, -0.25) is 14.8 Å². The molecule has 0 N–H and O–H groups in total. The Bertz CT molecular complexity index is 1340. The molecule has 36 heavy (non-hydrogen) atoms. The second kappa shape index (κ2) is 11.0. The van der Waals surface area contributed by atoms with Crippen molar-refractivity contribution in [3.8, 4) is 16.7 Å². The van der Waals surface area contributed by atoms with Gasteiger partial charge >= 0.3 is 0 Å². The van der Waals surface area contributed by atoms with Crippen molar-refractivity contribution in [2.24, 2.45) is 0 Å². The maximum atomic E-state index is 13.1. The molecular formula is C24H28N4O6S2. The molecule has 0 amide bonds. The quantitative estimate of drug-likeness (QED) is 0.341. The molecule has 1 aliphatic rings. The molecule has 0 radical (unpaired) electrons. The standard InChI is InChI=1S/C24H28N4O6S2/c1-15-12-26-19(13-25-15)10-22(29)18-8-20(33-16(2)14-32-4)11-21(9-18)34-24-27-17(3)23(35-24)36(30,31)28-6-5-7-28/h8-9,11-13,16H,5-7,10,14H2,1-4H3/t16-/m0/s1. The van der Waals surface area contributed by atoms with Crippen LogP contribution in [0.25, 0.3) is 0 Å². The van der Waals surface area contributed by atoms with Crippen LogP contribution in [0.2, 0.25) is 0 Å². The monoisotopic (exact) mass is 532 g/mol. The van der Waals surface area contributed by atoms with Crippen molar-refractivity contribution >= 4 is 27.1 Å². The number of methoxy groups -OCH3 is 1. The minimum atomic E-state index is -3.59. The number of sulfonamides is 1. The SMILES string of the molecule is COC[C@H](C)Oc1cc(Oc2nc(C)c(S(=O)(=O)N3CCC3)s2)cc(C(=O)Cc2cnc(C)cn2)c1. The zero-order valence-corrected chi connectivity index (χ0v) is 22.2. The molecule has 0 saturated carbocycles. The Morgan fingerprint density at radius 3 is 2.53 bits per heavy atom. The summed E-state index contributed by atoms with van der Waals surface area (Å²) in [5.41, 5.74) is 2.04. The van der Waals surface area contributed by atoms with Crippen LogP contribution < -0.4 is 9.47 Å². The lowest BCUT2D eigenvalue weighted by Gasteiger charge is -2.28. The molecule has 2 aromatic heterocycles. The van der Waals surface area contributed by atoms with Crippen LogP contribution in [-0.2, 0) is 21.2 Å². The average Bonchev–Trinajstić information content (AvgIpc) is 3.14. The van der Waals surface area contributed by atoms with Crippen LogP contribution in [0.3, 0.4) is 0 Å². The molecule has 3 aromatic rings. The predicted molar refractivity (Wildman–Crippen MR) is 134 cm³/mol. The van der Waals surface area contributed by atoms with Gasteiger partial charge in [-0.2, -0.15) is 4.31 Å². The highest BCUT2D eigenvalue weighted by molar-refractivity contribution is 7.91. The zero-order valence-electron chi connectivity index (χ0n) is 20.6. The van der Waals surface area contributed by atoms with Crippen molar-refractivity contribution in [3.63, 3.8) is 0 Å². The van der Waals surface area contributed by atoms with Gasteiger partial charge in [0.05, 0.1) is 30.1 Å². The van der Waals surface area contributed by atoms with Gasteiger partial charge in [-0.1, -0.05) is 11.3 Å². The minimum Gasteiger partial charge on any atom is -0.488 e. The van der Waals surface area contributed by atoms with E-state index < -0.39 is 10.0 Å². The van der Waals surface area contributed by atoms with E-state index in [1.807, 2.05) is 13.8 Å². The highest BCUT2D eigenvalue weighted by atomic mass is 32.2. The Balaban J connectivity index is 1.61. The molecule has 0 aliphatic carbocycles. The molecule has 1 atom stereocenters. The van der Waals surface area contributed by atoms with E-state index in [4.69, 9.17) is 14.2 Å². The van der Waals surface area contributed by atoms with Gasteiger partial charge in [0.15, 0.2) is 9.99 Å². The van der Waals surface area contributed by atoms with E-state index in [0.29, 0.717) is 48.1 Å². The van der Waals surface area contributed by atoms with Crippen molar-refractivity contribution in [2.75, 3.05) is 26.8 Å². The van der Waals surface area contributed by atoms with E-state index in [1.165, 1.54) is 4.31 Å². The fourth-order valence-corrected chi connectivity index (χ4v) is 6.54. The van der Waals surface area contributed by atoms with Gasteiger partial charge in [0.1, 0.15) is 17.6 Å². The first-order chi connectivity index (χ1) is 17.2. The summed E-state index contributed by atoms with van der Waals surface area (Å²) in [7, 11) is -2.01. The Morgan fingerprint density at radius 1 is 1.14 bits per heavy atom. The van der Waals surface area contributed by atoms with Crippen molar-refractivity contribution < 1.29 is 27.4 Å². The number of benzene rings is 1. The Kier molecular flexibility index (Phi) is 7.98. The predicted octanol–water partition coefficient (Wildman–Crippen LogP) is 3.58. The summed E-state index contributed by atoms with van der Waals surface area (Å²) < 4.78 is 44.2. The second-order valence-electron chi connectivity index (χ2n) is 8.54. The van der Waals surface area contributed by atoms with Crippen LogP contribution in [0, 0.1) is 13.8 Å². The molecule has 0 bridgehead atoms. The molecule has 1 saturated heterocycles. The number of carbonyl (C=O) groups excluding carboxylic acids is 1. The van der Waals surface area contributed by atoms with Gasteiger partial charge in [-0.15, -0.1) is 0 Å². The van der Waals surface area contributed by atoms with E-state index in [9.17, 15) is 13.2 Å². The molecule has 1 aliphatic heterocycles. The summed E-state index contributed by atoms with van der Waals surface area (Å²) in [6, 6.07) is 4.85. The fraction of sp³-hybridized carbons (Fsp3) is 0.417. The van der Waals surface area contributed by atoms with Gasteiger partial charge in [-0.05, 0) is 39.3 Å². The normalized spacial score (nSPS) is 14.8. The smallest absolute Gasteiger partial charge is 0.280 e. The molecule has 0 spiro atoms. The van der Waals surface area contributed by atoms with E-state index >= 15 is 0 Å². The molecule has 12 heteroatoms. The maximum absolute atomic E-state index is 13.1. The molecular weight excluding hydrogens is 504 g/mol. The van der Waals surface area contributed by atoms with Gasteiger partial charge < -0.3 is 14.2 Å². The number of nitrogens with zero attached hydrogens (tertiary/aromatic N) is 4. The molecule has 192 valence electrons. The van der Waals surface area contributed by atoms with Crippen LogP contribution in [-0.4, -0.2) is 66.4 Å². The third kappa shape index (κ3) is 6.06. The second-order valence-corrected chi connectivity index (χ2v) is 11.6. The Labute approximate surface area is 214 Å². The van der Waals surface area contributed by atoms with Crippen LogP contribution in [0.1, 0.15) is 40.8 Å². The summed E-state index contributed by atoms with van der Waals surface area (Å²) >= 11 is 0.958. The van der Waals surface area contributed by atoms with E-state index in [2.05, 4.69) is 15.0 Å². The number of hydrogen-bond donors (Lipinski definition) is 0. The number of thiazole rings is 1. The van der Waals surface area contributed by atoms with Crippen molar-refractivity contribution in [1.82, 2.24) is 19.3 Å². The highest BCUT2D eigenvalue weighted by Crippen LogP contribution is 2.36. The molecule has 0 unspecified atom stereocenters. The largest absolute Gasteiger partial charge is 0.488 e. The van der Waals surface area contributed by atoms with Crippen LogP contribution in [0.4, 0.5) is 0 Å². The van der Waals surface area contributed by atoms with Gasteiger partial charge in [-0.25, -0.2) is 13.4 Å². The van der Waals surface area contributed by atoms with Crippen molar-refractivity contribution in [2.45, 2.75) is 43.9 Å². The van der Waals surface area contributed by atoms with E-state index in [1.54, 1.807) is 44.6 Å². The number of Topliss-reactive ketones (excluding diaryl/α,β-unsaturated/α-hetero) is 1. The molecule has 1 aromatic carbocycles. The molecule has 4 rings (SSSR count). The van der Waals surface area contributed by atoms with Crippen molar-refractivity contribution in [1.29, 1.82) is 0 Å². The lowest BCUT2D eigenvalue weighted by Crippen LogP contribution is -2.41. The van der Waals surface area contributed by atoms with Crippen molar-refractivity contribution in [3.05, 3.63) is 53.2 Å². The van der Waals surface area contributed by atoms with Gasteiger partial charge in [0, 0.05) is 44.2 Å². The lowest BCUT2D eigenvalue weighted by molar-refractivity contribution is 0.0914. The number of ketones is 1. The van der Waals surface area contributed by atoms with Crippen LogP contribution in [0.15, 0.2) is 34.8 Å². The summed E-state index contributed by atoms with van der Waals surface area (Å²) in [5, 5.41) is 0.163. The Morgan fingerprint density at radius 2 is 1.89 bits per heavy atom.